The van der Waals surface area contributed by atoms with Crippen molar-refractivity contribution < 1.29 is 14.3 Å². The first-order valence-electron chi connectivity index (χ1n) is 9.34. The molecule has 0 radical (unpaired) electrons. The van der Waals surface area contributed by atoms with Crippen LogP contribution in [-0.2, 0) is 16.1 Å². The molecule has 2 aliphatic rings. The van der Waals surface area contributed by atoms with Crippen LogP contribution in [0, 0.1) is 0 Å². The van der Waals surface area contributed by atoms with Crippen LogP contribution in [0.25, 0.3) is 0 Å². The molecule has 0 unspecified atom stereocenters. The van der Waals surface area contributed by atoms with Crippen LogP contribution in [-0.4, -0.2) is 52.9 Å². The maximum Gasteiger partial charge on any atom is 0.319 e. The van der Waals surface area contributed by atoms with E-state index in [2.05, 4.69) is 15.7 Å². The highest BCUT2D eigenvalue weighted by Crippen LogP contribution is 2.31. The lowest BCUT2D eigenvalue weighted by molar-refractivity contribution is -0.131. The van der Waals surface area contributed by atoms with E-state index < -0.39 is 6.04 Å². The lowest BCUT2D eigenvalue weighted by Crippen LogP contribution is -2.49. The number of allylic oxidation sites excluding steroid dienone is 1. The fraction of sp³-hybridized carbons (Fsp3) is 0.350. The van der Waals surface area contributed by atoms with E-state index in [9.17, 15) is 9.59 Å². The van der Waals surface area contributed by atoms with E-state index in [1.165, 1.54) is 0 Å². The lowest BCUT2D eigenvalue weighted by atomic mass is 9.91. The third kappa shape index (κ3) is 3.63. The molecule has 1 atom stereocenters. The maximum absolute atomic E-state index is 13.3. The van der Waals surface area contributed by atoms with Gasteiger partial charge in [0.25, 0.3) is 5.91 Å². The number of nitrogens with one attached hydrogen (secondary N) is 2. The molecule has 146 valence electrons. The number of benzene rings is 1. The van der Waals surface area contributed by atoms with Gasteiger partial charge in [0.1, 0.15) is 0 Å². The van der Waals surface area contributed by atoms with Crippen LogP contribution in [0.15, 0.2) is 54.0 Å². The van der Waals surface area contributed by atoms with Gasteiger partial charge in [-0.2, -0.15) is 5.10 Å². The van der Waals surface area contributed by atoms with Gasteiger partial charge < -0.3 is 20.3 Å². The number of amides is 3. The van der Waals surface area contributed by atoms with Gasteiger partial charge in [-0.3, -0.25) is 9.48 Å². The van der Waals surface area contributed by atoms with Crippen molar-refractivity contribution >= 4 is 11.9 Å². The molecule has 1 aromatic carbocycles. The molecule has 3 heterocycles. The summed E-state index contributed by atoms with van der Waals surface area (Å²) in [5.41, 5.74) is 3.04. The number of aromatic nitrogens is 2. The molecule has 0 bridgehead atoms. The van der Waals surface area contributed by atoms with Crippen molar-refractivity contribution in [2.75, 3.05) is 26.3 Å². The molecule has 3 amide bonds. The van der Waals surface area contributed by atoms with E-state index in [0.717, 1.165) is 11.1 Å². The molecule has 8 nitrogen and oxygen atoms in total. The topological polar surface area (TPSA) is 88.5 Å². The standard InChI is InChI=1S/C20H23N5O3/c1-14-17(19(26)24-9-11-28-12-10-24)18(23-20(27)22-14)16-6-3-2-5-15(16)13-25-8-4-7-21-25/h2-8,18H,9-13H2,1H3,(H2,22,23,27)/t18-/m1/s1. The van der Waals surface area contributed by atoms with Crippen molar-refractivity contribution in [1.82, 2.24) is 25.3 Å². The molecule has 2 aromatic rings. The zero-order valence-corrected chi connectivity index (χ0v) is 15.7. The summed E-state index contributed by atoms with van der Waals surface area (Å²) < 4.78 is 7.19. The average Bonchev–Trinajstić information content (AvgIpc) is 3.21. The molecule has 1 fully saturated rings. The number of rotatable bonds is 4. The molecule has 0 aliphatic carbocycles. The highest BCUT2D eigenvalue weighted by molar-refractivity contribution is 5.98. The SMILES string of the molecule is CC1=C(C(=O)N2CCOCC2)[C@@H](c2ccccc2Cn2cccn2)NC(=O)N1. The van der Waals surface area contributed by atoms with Crippen LogP contribution >= 0.6 is 0 Å². The van der Waals surface area contributed by atoms with Gasteiger partial charge in [0.15, 0.2) is 0 Å². The summed E-state index contributed by atoms with van der Waals surface area (Å²) >= 11 is 0. The molecule has 8 heteroatoms. The van der Waals surface area contributed by atoms with Crippen molar-refractivity contribution in [3.63, 3.8) is 0 Å². The fourth-order valence-electron chi connectivity index (χ4n) is 3.68. The number of ether oxygens (including phenoxy) is 1. The molecule has 28 heavy (non-hydrogen) atoms. The Morgan fingerprint density at radius 2 is 2.04 bits per heavy atom. The third-order valence-corrected chi connectivity index (χ3v) is 5.06. The van der Waals surface area contributed by atoms with Crippen molar-refractivity contribution in [1.29, 1.82) is 0 Å². The Morgan fingerprint density at radius 3 is 2.79 bits per heavy atom. The van der Waals surface area contributed by atoms with Gasteiger partial charge in [0.05, 0.1) is 31.4 Å². The second-order valence-electron chi connectivity index (χ2n) is 6.88. The van der Waals surface area contributed by atoms with Crippen LogP contribution in [0.2, 0.25) is 0 Å². The second kappa shape index (κ2) is 7.85. The molecule has 1 saturated heterocycles. The van der Waals surface area contributed by atoms with E-state index in [-0.39, 0.29) is 11.9 Å². The largest absolute Gasteiger partial charge is 0.378 e. The Hall–Kier alpha value is -3.13. The van der Waals surface area contributed by atoms with Crippen molar-refractivity contribution in [3.8, 4) is 0 Å². The number of carbonyl (C=O) groups is 2. The summed E-state index contributed by atoms with van der Waals surface area (Å²) in [5.74, 6) is -0.0767. The van der Waals surface area contributed by atoms with Crippen LogP contribution < -0.4 is 10.6 Å². The van der Waals surface area contributed by atoms with Gasteiger partial charge in [-0.1, -0.05) is 24.3 Å². The van der Waals surface area contributed by atoms with E-state index in [1.54, 1.807) is 18.0 Å². The zero-order valence-electron chi connectivity index (χ0n) is 15.7. The van der Waals surface area contributed by atoms with Gasteiger partial charge in [-0.15, -0.1) is 0 Å². The summed E-state index contributed by atoms with van der Waals surface area (Å²) in [4.78, 5) is 27.3. The minimum atomic E-state index is -0.518. The van der Waals surface area contributed by atoms with E-state index in [4.69, 9.17) is 4.74 Å². The van der Waals surface area contributed by atoms with Crippen molar-refractivity contribution in [2.45, 2.75) is 19.5 Å². The van der Waals surface area contributed by atoms with Crippen LogP contribution in [0.3, 0.4) is 0 Å². The van der Waals surface area contributed by atoms with E-state index >= 15 is 0 Å². The second-order valence-corrected chi connectivity index (χ2v) is 6.88. The minimum Gasteiger partial charge on any atom is -0.378 e. The summed E-state index contributed by atoms with van der Waals surface area (Å²) in [6.45, 7) is 4.48. The Morgan fingerprint density at radius 1 is 1.25 bits per heavy atom. The van der Waals surface area contributed by atoms with Gasteiger partial charge in [0, 0.05) is 31.2 Å². The fourth-order valence-corrected chi connectivity index (χ4v) is 3.68. The Kier molecular flexibility index (Phi) is 5.12. The van der Waals surface area contributed by atoms with E-state index in [0.29, 0.717) is 44.1 Å². The van der Waals surface area contributed by atoms with Crippen molar-refractivity contribution in [3.05, 3.63) is 65.1 Å². The van der Waals surface area contributed by atoms with Crippen LogP contribution in [0.5, 0.6) is 0 Å². The predicted molar refractivity (Wildman–Crippen MR) is 102 cm³/mol. The normalized spacial score (nSPS) is 20.0. The number of morpholine rings is 1. The average molecular weight is 381 g/mol. The number of hydrogen-bond acceptors (Lipinski definition) is 4. The first kappa shape index (κ1) is 18.2. The Bertz CT molecular complexity index is 900. The number of urea groups is 1. The first-order valence-corrected chi connectivity index (χ1v) is 9.34. The van der Waals surface area contributed by atoms with Crippen molar-refractivity contribution in [2.24, 2.45) is 0 Å². The number of carbonyl (C=O) groups excluding carboxylic acids is 2. The van der Waals surface area contributed by atoms with Gasteiger partial charge in [-0.25, -0.2) is 4.79 Å². The Balaban J connectivity index is 1.71. The quantitative estimate of drug-likeness (QED) is 0.838. The molecule has 0 saturated carbocycles. The summed E-state index contributed by atoms with van der Waals surface area (Å²) in [6, 6.07) is 8.86. The predicted octanol–water partition coefficient (Wildman–Crippen LogP) is 1.42. The molecule has 2 N–H and O–H groups in total. The first-order chi connectivity index (χ1) is 13.6. The minimum absolute atomic E-state index is 0.0767. The molecular weight excluding hydrogens is 358 g/mol. The molecule has 1 aromatic heterocycles. The highest BCUT2D eigenvalue weighted by atomic mass is 16.5. The summed E-state index contributed by atoms with van der Waals surface area (Å²) in [7, 11) is 0. The number of hydrogen-bond donors (Lipinski definition) is 2. The molecule has 0 spiro atoms. The van der Waals surface area contributed by atoms with Gasteiger partial charge in [-0.05, 0) is 24.1 Å². The summed E-state index contributed by atoms with van der Waals surface area (Å²) in [5, 5.41) is 9.96. The smallest absolute Gasteiger partial charge is 0.319 e. The third-order valence-electron chi connectivity index (χ3n) is 5.06. The zero-order chi connectivity index (χ0) is 19.5. The van der Waals surface area contributed by atoms with Gasteiger partial charge in [0.2, 0.25) is 0 Å². The molecule has 2 aliphatic heterocycles. The molecule has 4 rings (SSSR count). The van der Waals surface area contributed by atoms with Crippen LogP contribution in [0.4, 0.5) is 4.79 Å². The maximum atomic E-state index is 13.3. The number of nitrogens with zero attached hydrogens (tertiary/aromatic N) is 3. The summed E-state index contributed by atoms with van der Waals surface area (Å²) in [6.07, 6.45) is 3.62. The lowest BCUT2D eigenvalue weighted by Gasteiger charge is -2.34. The van der Waals surface area contributed by atoms with E-state index in [1.807, 2.05) is 41.2 Å². The Labute approximate surface area is 163 Å². The van der Waals surface area contributed by atoms with Crippen LogP contribution in [0.1, 0.15) is 24.1 Å². The molecular formula is C20H23N5O3. The monoisotopic (exact) mass is 381 g/mol. The van der Waals surface area contributed by atoms with Gasteiger partial charge >= 0.3 is 6.03 Å². The highest BCUT2D eigenvalue weighted by Gasteiger charge is 2.35.